The number of furan rings is 1. The lowest BCUT2D eigenvalue weighted by Gasteiger charge is -2.11. The zero-order valence-electron chi connectivity index (χ0n) is 19.9. The van der Waals surface area contributed by atoms with Gasteiger partial charge in [-0.1, -0.05) is 42.5 Å². The standard InChI is InChI=1S/C28H25N5O3/c1-18(2)33-26-23(17-30-33)22(15-24(32-26)20-7-4-3-5-8-20)27(34)29-16-19-10-12-21(13-11-19)31-28(35)25-9-6-14-36-25/h3-15,17-18H,16H2,1-2H3,(H,29,34)(H,31,35). The van der Waals surface area contributed by atoms with Crippen molar-refractivity contribution in [1.82, 2.24) is 20.1 Å². The summed E-state index contributed by atoms with van der Waals surface area (Å²) < 4.78 is 6.94. The van der Waals surface area contributed by atoms with Crippen LogP contribution < -0.4 is 10.6 Å². The second-order valence-corrected chi connectivity index (χ2v) is 8.65. The number of anilines is 1. The van der Waals surface area contributed by atoms with E-state index in [1.807, 2.05) is 67.1 Å². The van der Waals surface area contributed by atoms with E-state index < -0.39 is 0 Å². The number of nitrogens with one attached hydrogen (secondary N) is 2. The average Bonchev–Trinajstić information content (AvgIpc) is 3.59. The van der Waals surface area contributed by atoms with Gasteiger partial charge in [0.05, 0.1) is 29.1 Å². The minimum absolute atomic E-state index is 0.101. The molecule has 180 valence electrons. The predicted molar refractivity (Wildman–Crippen MR) is 138 cm³/mol. The maximum atomic E-state index is 13.3. The maximum Gasteiger partial charge on any atom is 0.291 e. The van der Waals surface area contributed by atoms with Crippen molar-refractivity contribution < 1.29 is 14.0 Å². The molecule has 0 bridgehead atoms. The Hall–Kier alpha value is -4.72. The number of carbonyl (C=O) groups is 2. The van der Waals surface area contributed by atoms with Crippen LogP contribution in [0.5, 0.6) is 0 Å². The Kier molecular flexibility index (Phi) is 6.32. The topological polar surface area (TPSA) is 102 Å². The average molecular weight is 480 g/mol. The van der Waals surface area contributed by atoms with Crippen LogP contribution in [-0.4, -0.2) is 26.6 Å². The van der Waals surface area contributed by atoms with Crippen LogP contribution in [0, 0.1) is 0 Å². The van der Waals surface area contributed by atoms with Crippen molar-refractivity contribution in [2.75, 3.05) is 5.32 Å². The van der Waals surface area contributed by atoms with E-state index in [4.69, 9.17) is 9.40 Å². The molecule has 3 aromatic heterocycles. The lowest BCUT2D eigenvalue weighted by atomic mass is 10.1. The van der Waals surface area contributed by atoms with Crippen molar-refractivity contribution in [3.8, 4) is 11.3 Å². The highest BCUT2D eigenvalue weighted by Gasteiger charge is 2.18. The molecule has 0 unspecified atom stereocenters. The smallest absolute Gasteiger partial charge is 0.291 e. The molecule has 0 saturated carbocycles. The van der Waals surface area contributed by atoms with Crippen molar-refractivity contribution in [2.24, 2.45) is 0 Å². The number of carbonyl (C=O) groups excluding carboxylic acids is 2. The Labute approximate surface area is 208 Å². The van der Waals surface area contributed by atoms with Gasteiger partial charge in [-0.2, -0.15) is 5.10 Å². The second kappa shape index (κ2) is 9.87. The van der Waals surface area contributed by atoms with Crippen LogP contribution in [-0.2, 0) is 6.54 Å². The van der Waals surface area contributed by atoms with Crippen LogP contribution in [0.1, 0.15) is 46.4 Å². The highest BCUT2D eigenvalue weighted by Crippen LogP contribution is 2.26. The van der Waals surface area contributed by atoms with E-state index >= 15 is 0 Å². The number of hydrogen-bond donors (Lipinski definition) is 2. The Bertz CT molecular complexity index is 1500. The maximum absolute atomic E-state index is 13.3. The summed E-state index contributed by atoms with van der Waals surface area (Å²) in [6, 6.07) is 22.2. The zero-order chi connectivity index (χ0) is 25.1. The van der Waals surface area contributed by atoms with Gasteiger partial charge < -0.3 is 15.1 Å². The number of fused-ring (bicyclic) bond motifs is 1. The van der Waals surface area contributed by atoms with Gasteiger partial charge in [-0.3, -0.25) is 9.59 Å². The number of benzene rings is 2. The molecule has 2 aromatic carbocycles. The number of nitrogens with zero attached hydrogens (tertiary/aromatic N) is 3. The van der Waals surface area contributed by atoms with Gasteiger partial charge in [-0.15, -0.1) is 0 Å². The summed E-state index contributed by atoms with van der Waals surface area (Å²) in [5.74, 6) is -0.289. The van der Waals surface area contributed by atoms with E-state index in [-0.39, 0.29) is 23.6 Å². The van der Waals surface area contributed by atoms with Gasteiger partial charge in [-0.25, -0.2) is 9.67 Å². The second-order valence-electron chi connectivity index (χ2n) is 8.65. The van der Waals surface area contributed by atoms with E-state index in [0.717, 1.165) is 11.1 Å². The number of aromatic nitrogens is 3. The zero-order valence-corrected chi connectivity index (χ0v) is 19.9. The number of rotatable bonds is 7. The highest BCUT2D eigenvalue weighted by atomic mass is 16.3. The molecule has 2 amide bonds. The molecule has 5 aromatic rings. The SMILES string of the molecule is CC(C)n1ncc2c(C(=O)NCc3ccc(NC(=O)c4ccco4)cc3)cc(-c3ccccc3)nc21. The molecule has 0 fully saturated rings. The fourth-order valence-corrected chi connectivity index (χ4v) is 3.92. The summed E-state index contributed by atoms with van der Waals surface area (Å²) >= 11 is 0. The molecule has 8 heteroatoms. The molecule has 5 rings (SSSR count). The Morgan fingerprint density at radius 3 is 2.44 bits per heavy atom. The van der Waals surface area contributed by atoms with Gasteiger partial charge in [0, 0.05) is 23.8 Å². The molecular formula is C28H25N5O3. The van der Waals surface area contributed by atoms with Crippen molar-refractivity contribution in [3.05, 3.63) is 102 Å². The fourth-order valence-electron chi connectivity index (χ4n) is 3.92. The first-order valence-electron chi connectivity index (χ1n) is 11.7. The van der Waals surface area contributed by atoms with Crippen molar-refractivity contribution in [3.63, 3.8) is 0 Å². The van der Waals surface area contributed by atoms with Crippen LogP contribution in [0.15, 0.2) is 89.7 Å². The third kappa shape index (κ3) is 4.74. The number of hydrogen-bond acceptors (Lipinski definition) is 5. The van der Waals surface area contributed by atoms with Gasteiger partial charge in [0.2, 0.25) is 0 Å². The highest BCUT2D eigenvalue weighted by molar-refractivity contribution is 6.06. The van der Waals surface area contributed by atoms with Gasteiger partial charge >= 0.3 is 0 Å². The van der Waals surface area contributed by atoms with Crippen molar-refractivity contribution >= 4 is 28.5 Å². The molecule has 36 heavy (non-hydrogen) atoms. The Morgan fingerprint density at radius 1 is 0.972 bits per heavy atom. The van der Waals surface area contributed by atoms with Crippen LogP contribution in [0.4, 0.5) is 5.69 Å². The molecule has 0 aliphatic heterocycles. The summed E-state index contributed by atoms with van der Waals surface area (Å²) in [5, 5.41) is 11.0. The summed E-state index contributed by atoms with van der Waals surface area (Å²) in [7, 11) is 0. The quantitative estimate of drug-likeness (QED) is 0.323. The van der Waals surface area contributed by atoms with Gasteiger partial charge in [0.25, 0.3) is 11.8 Å². The van der Waals surface area contributed by atoms with E-state index in [2.05, 4.69) is 15.7 Å². The summed E-state index contributed by atoms with van der Waals surface area (Å²) in [4.78, 5) is 30.3. The summed E-state index contributed by atoms with van der Waals surface area (Å²) in [5.41, 5.74) is 4.37. The van der Waals surface area contributed by atoms with E-state index in [0.29, 0.717) is 34.5 Å². The summed E-state index contributed by atoms with van der Waals surface area (Å²) in [6.45, 7) is 4.39. The molecule has 0 spiro atoms. The van der Waals surface area contributed by atoms with E-state index in [1.54, 1.807) is 30.5 Å². The van der Waals surface area contributed by atoms with Crippen LogP contribution >= 0.6 is 0 Å². The largest absolute Gasteiger partial charge is 0.459 e. The fraction of sp³-hybridized carbons (Fsp3) is 0.143. The normalized spacial score (nSPS) is 11.1. The monoisotopic (exact) mass is 479 g/mol. The Morgan fingerprint density at radius 2 is 1.75 bits per heavy atom. The molecule has 3 heterocycles. The molecule has 0 aliphatic carbocycles. The third-order valence-electron chi connectivity index (χ3n) is 5.78. The number of pyridine rings is 1. The third-order valence-corrected chi connectivity index (χ3v) is 5.78. The first-order chi connectivity index (χ1) is 17.5. The molecule has 2 N–H and O–H groups in total. The first kappa shape index (κ1) is 23.0. The van der Waals surface area contributed by atoms with Crippen molar-refractivity contribution in [2.45, 2.75) is 26.4 Å². The van der Waals surface area contributed by atoms with Crippen LogP contribution in [0.2, 0.25) is 0 Å². The van der Waals surface area contributed by atoms with Gasteiger partial charge in [0.15, 0.2) is 11.4 Å². The number of amides is 2. The summed E-state index contributed by atoms with van der Waals surface area (Å²) in [6.07, 6.45) is 3.15. The van der Waals surface area contributed by atoms with Gasteiger partial charge in [-0.05, 0) is 49.7 Å². The van der Waals surface area contributed by atoms with Crippen LogP contribution in [0.3, 0.4) is 0 Å². The molecule has 0 aliphatic rings. The van der Waals surface area contributed by atoms with E-state index in [1.165, 1.54) is 6.26 Å². The predicted octanol–water partition coefficient (Wildman–Crippen LogP) is 5.45. The Balaban J connectivity index is 1.35. The molecule has 0 radical (unpaired) electrons. The molecular weight excluding hydrogens is 454 g/mol. The molecule has 8 nitrogen and oxygen atoms in total. The van der Waals surface area contributed by atoms with E-state index in [9.17, 15) is 9.59 Å². The lowest BCUT2D eigenvalue weighted by Crippen LogP contribution is -2.23. The minimum atomic E-state index is -0.320. The van der Waals surface area contributed by atoms with Gasteiger partial charge in [0.1, 0.15) is 0 Å². The van der Waals surface area contributed by atoms with Crippen molar-refractivity contribution in [1.29, 1.82) is 0 Å². The van der Waals surface area contributed by atoms with Crippen LogP contribution in [0.25, 0.3) is 22.3 Å². The molecule has 0 saturated heterocycles. The lowest BCUT2D eigenvalue weighted by molar-refractivity contribution is 0.0951. The minimum Gasteiger partial charge on any atom is -0.459 e. The molecule has 0 atom stereocenters. The first-order valence-corrected chi connectivity index (χ1v) is 11.7.